The average Bonchev–Trinajstić information content (AvgIpc) is 2.99. The molecule has 0 saturated heterocycles. The van der Waals surface area contributed by atoms with Crippen LogP contribution in [0.5, 0.6) is 11.5 Å². The van der Waals surface area contributed by atoms with Crippen molar-refractivity contribution in [2.75, 3.05) is 0 Å². The molecule has 0 aromatic heterocycles. The lowest BCUT2D eigenvalue weighted by atomic mass is 9.96. The van der Waals surface area contributed by atoms with Gasteiger partial charge >= 0.3 is 5.97 Å². The SMILES string of the molecule is O=C([OH2+])C1(c2ccc(O)c(OCl)c2)CC1. The van der Waals surface area contributed by atoms with Crippen LogP contribution in [-0.2, 0) is 10.2 Å². The third kappa shape index (κ3) is 1.51. The first-order valence-electron chi connectivity index (χ1n) is 4.48. The highest BCUT2D eigenvalue weighted by Crippen LogP contribution is 2.49. The van der Waals surface area contributed by atoms with Gasteiger partial charge in [-0.1, -0.05) is 6.07 Å². The van der Waals surface area contributed by atoms with Crippen LogP contribution < -0.4 is 4.29 Å². The Kier molecular flexibility index (Phi) is 2.23. The molecule has 0 heterocycles. The molecule has 5 heteroatoms. The summed E-state index contributed by atoms with van der Waals surface area (Å²) in [5, 5.41) is 16.5. The van der Waals surface area contributed by atoms with Gasteiger partial charge < -0.3 is 14.5 Å². The molecule has 0 unspecified atom stereocenters. The number of benzene rings is 1. The third-order valence-corrected chi connectivity index (χ3v) is 2.95. The molecule has 0 radical (unpaired) electrons. The molecular weight excluding hydrogens is 220 g/mol. The fraction of sp³-hybridized carbons (Fsp3) is 0.300. The van der Waals surface area contributed by atoms with Crippen molar-refractivity contribution in [3.63, 3.8) is 0 Å². The van der Waals surface area contributed by atoms with Crippen LogP contribution in [0.2, 0.25) is 0 Å². The van der Waals surface area contributed by atoms with E-state index in [1.165, 1.54) is 12.1 Å². The highest BCUT2D eigenvalue weighted by atomic mass is 35.5. The smallest absolute Gasteiger partial charge is 0.526 e. The maximum atomic E-state index is 11.1. The average molecular weight is 230 g/mol. The Morgan fingerprint density at radius 3 is 2.67 bits per heavy atom. The molecule has 0 spiro atoms. The number of carbonyl (C=O) groups is 1. The van der Waals surface area contributed by atoms with Gasteiger partial charge in [0.05, 0.1) is 0 Å². The van der Waals surface area contributed by atoms with Gasteiger partial charge in [0.25, 0.3) is 0 Å². The first kappa shape index (κ1) is 10.1. The van der Waals surface area contributed by atoms with E-state index >= 15 is 0 Å². The van der Waals surface area contributed by atoms with Crippen molar-refractivity contribution in [1.82, 2.24) is 0 Å². The van der Waals surface area contributed by atoms with E-state index in [-0.39, 0.29) is 11.5 Å². The molecule has 1 aliphatic rings. The van der Waals surface area contributed by atoms with Gasteiger partial charge in [-0.05, 0) is 30.5 Å². The van der Waals surface area contributed by atoms with Crippen molar-refractivity contribution in [2.45, 2.75) is 18.3 Å². The first-order valence-corrected chi connectivity index (χ1v) is 4.79. The highest BCUT2D eigenvalue weighted by molar-refractivity contribution is 6.09. The number of phenolic OH excluding ortho intramolecular Hbond substituents is 1. The lowest BCUT2D eigenvalue weighted by Gasteiger charge is -2.08. The molecule has 1 aliphatic carbocycles. The summed E-state index contributed by atoms with van der Waals surface area (Å²) in [5.74, 6) is -0.572. The number of rotatable bonds is 3. The molecule has 80 valence electrons. The summed E-state index contributed by atoms with van der Waals surface area (Å²) in [5.41, 5.74) is -0.0198. The lowest BCUT2D eigenvalue weighted by Crippen LogP contribution is -2.19. The maximum absolute atomic E-state index is 11.1. The number of hydrogen-bond acceptors (Lipinski definition) is 3. The fourth-order valence-electron chi connectivity index (χ4n) is 1.65. The fourth-order valence-corrected chi connectivity index (χ4v) is 1.77. The van der Waals surface area contributed by atoms with Gasteiger partial charge in [-0.3, -0.25) is 0 Å². The van der Waals surface area contributed by atoms with Crippen molar-refractivity contribution < 1.29 is 19.3 Å². The van der Waals surface area contributed by atoms with E-state index < -0.39 is 11.4 Å². The van der Waals surface area contributed by atoms with Gasteiger partial charge in [-0.2, -0.15) is 0 Å². The second-order valence-electron chi connectivity index (χ2n) is 3.67. The Hall–Kier alpha value is -1.42. The molecule has 1 aromatic rings. The zero-order valence-corrected chi connectivity index (χ0v) is 8.54. The monoisotopic (exact) mass is 229 g/mol. The standard InChI is InChI=1S/C10H9ClO4/c11-15-8-5-6(1-2-7(8)12)10(3-4-10)9(13)14/h1-2,5,12H,3-4H2,(H,13,14)/p+1. The second kappa shape index (κ2) is 3.31. The zero-order valence-electron chi connectivity index (χ0n) is 7.79. The van der Waals surface area contributed by atoms with Crippen LogP contribution in [0.4, 0.5) is 0 Å². The van der Waals surface area contributed by atoms with Crippen molar-refractivity contribution in [2.24, 2.45) is 0 Å². The molecule has 4 nitrogen and oxygen atoms in total. The quantitative estimate of drug-likeness (QED) is 0.792. The second-order valence-corrected chi connectivity index (χ2v) is 3.83. The summed E-state index contributed by atoms with van der Waals surface area (Å²) >= 11 is 5.16. The number of carbonyl (C=O) groups excluding carboxylic acids is 1. The summed E-state index contributed by atoms with van der Waals surface area (Å²) in [7, 11) is 0. The Bertz CT molecular complexity index is 412. The number of halogens is 1. The molecule has 0 bridgehead atoms. The molecular formula is C10H10ClO4+. The van der Waals surface area contributed by atoms with E-state index in [0.29, 0.717) is 18.4 Å². The van der Waals surface area contributed by atoms with E-state index in [1.54, 1.807) is 6.07 Å². The van der Waals surface area contributed by atoms with Gasteiger partial charge in [0.2, 0.25) is 0 Å². The molecule has 15 heavy (non-hydrogen) atoms. The summed E-state index contributed by atoms with van der Waals surface area (Å²) in [6.45, 7) is 0. The third-order valence-electron chi connectivity index (χ3n) is 2.78. The predicted molar refractivity (Wildman–Crippen MR) is 54.1 cm³/mol. The largest absolute Gasteiger partial charge is 0.564 e. The van der Waals surface area contributed by atoms with Crippen LogP contribution in [0.3, 0.4) is 0 Å². The Morgan fingerprint density at radius 2 is 2.20 bits per heavy atom. The van der Waals surface area contributed by atoms with Crippen LogP contribution in [0, 0.1) is 0 Å². The topological polar surface area (TPSA) is 69.4 Å². The van der Waals surface area contributed by atoms with Crippen LogP contribution in [0.25, 0.3) is 0 Å². The first-order chi connectivity index (χ1) is 7.10. The van der Waals surface area contributed by atoms with Gasteiger partial charge in [0, 0.05) is 4.79 Å². The normalized spacial score (nSPS) is 17.1. The summed E-state index contributed by atoms with van der Waals surface area (Å²) in [6.07, 6.45) is 1.34. The van der Waals surface area contributed by atoms with Gasteiger partial charge in [0.1, 0.15) is 11.9 Å². The Balaban J connectivity index is 2.42. The summed E-state index contributed by atoms with van der Waals surface area (Å²) in [6, 6.07) is 4.53. The van der Waals surface area contributed by atoms with Crippen molar-refractivity contribution >= 4 is 17.8 Å². The van der Waals surface area contributed by atoms with Gasteiger partial charge in [-0.25, -0.2) is 0 Å². The molecule has 1 fully saturated rings. The predicted octanol–water partition coefficient (Wildman–Crippen LogP) is 1.21. The van der Waals surface area contributed by atoms with Crippen LogP contribution in [0.1, 0.15) is 18.4 Å². The van der Waals surface area contributed by atoms with Gasteiger partial charge in [0.15, 0.2) is 16.9 Å². The van der Waals surface area contributed by atoms with Crippen molar-refractivity contribution in [1.29, 1.82) is 0 Å². The summed E-state index contributed by atoms with van der Waals surface area (Å²) in [4.78, 5) is 11.1. The van der Waals surface area contributed by atoms with E-state index in [1.807, 2.05) is 0 Å². The van der Waals surface area contributed by atoms with Crippen LogP contribution in [0.15, 0.2) is 18.2 Å². The lowest BCUT2D eigenvalue weighted by molar-refractivity contribution is -0.140. The molecule has 0 atom stereocenters. The van der Waals surface area contributed by atoms with Gasteiger partial charge in [-0.15, -0.1) is 0 Å². The highest BCUT2D eigenvalue weighted by Gasteiger charge is 2.57. The van der Waals surface area contributed by atoms with Crippen molar-refractivity contribution in [3.05, 3.63) is 23.8 Å². The minimum Gasteiger partial charge on any atom is -0.564 e. The van der Waals surface area contributed by atoms with E-state index in [0.717, 1.165) is 0 Å². The van der Waals surface area contributed by atoms with E-state index in [2.05, 4.69) is 4.29 Å². The number of aromatic hydroxyl groups is 1. The minimum absolute atomic E-state index is 0.0815. The molecule has 2 rings (SSSR count). The molecule has 1 aromatic carbocycles. The van der Waals surface area contributed by atoms with Crippen LogP contribution >= 0.6 is 11.9 Å². The minimum atomic E-state index is -0.697. The Labute approximate surface area is 91.2 Å². The molecule has 0 amide bonds. The maximum Gasteiger partial charge on any atom is 0.526 e. The molecule has 1 saturated carbocycles. The Morgan fingerprint density at radius 1 is 1.53 bits per heavy atom. The summed E-state index contributed by atoms with van der Waals surface area (Å²) < 4.78 is 4.44. The van der Waals surface area contributed by atoms with E-state index in [4.69, 9.17) is 17.0 Å². The number of hydrogen-bond donors (Lipinski definition) is 1. The van der Waals surface area contributed by atoms with E-state index in [9.17, 15) is 9.90 Å². The van der Waals surface area contributed by atoms with Crippen LogP contribution in [-0.4, -0.2) is 16.2 Å². The molecule has 0 aliphatic heterocycles. The zero-order chi connectivity index (χ0) is 11.1. The molecule has 3 N–H and O–H groups in total. The van der Waals surface area contributed by atoms with Crippen molar-refractivity contribution in [3.8, 4) is 11.5 Å². The number of phenols is 1.